The quantitative estimate of drug-likeness (QED) is 0.665. The third kappa shape index (κ3) is 2.92. The summed E-state index contributed by atoms with van der Waals surface area (Å²) in [5.41, 5.74) is 7.40. The molecule has 2 rings (SSSR count). The molecule has 0 radical (unpaired) electrons. The van der Waals surface area contributed by atoms with E-state index in [0.29, 0.717) is 22.6 Å². The lowest BCUT2D eigenvalue weighted by atomic mass is 10.2. The molecule has 0 spiro atoms. The highest BCUT2D eigenvalue weighted by molar-refractivity contribution is 6.04. The maximum absolute atomic E-state index is 11.9. The van der Waals surface area contributed by atoms with E-state index in [4.69, 9.17) is 5.73 Å². The molecule has 0 aliphatic heterocycles. The molecule has 0 saturated carbocycles. The van der Waals surface area contributed by atoms with Crippen LogP contribution in [0.1, 0.15) is 20.8 Å². The highest BCUT2D eigenvalue weighted by Crippen LogP contribution is 2.13. The molecular formula is C13H14N4O2. The van der Waals surface area contributed by atoms with Crippen molar-refractivity contribution in [3.05, 3.63) is 47.8 Å². The Bertz CT molecular complexity index is 619. The number of benzene rings is 1. The molecule has 0 aliphatic rings. The first kappa shape index (κ1) is 12.7. The number of amides is 2. The van der Waals surface area contributed by atoms with Crippen LogP contribution in [0.4, 0.5) is 11.4 Å². The van der Waals surface area contributed by atoms with Crippen LogP contribution in [0.5, 0.6) is 0 Å². The lowest BCUT2D eigenvalue weighted by molar-refractivity contribution is 0.0961. The molecule has 1 aromatic carbocycles. The van der Waals surface area contributed by atoms with Crippen LogP contribution in [0.25, 0.3) is 0 Å². The summed E-state index contributed by atoms with van der Waals surface area (Å²) in [5, 5.41) is 5.21. The Hall–Kier alpha value is -2.76. The Morgan fingerprint density at radius 3 is 2.63 bits per heavy atom. The number of anilines is 2. The Morgan fingerprint density at radius 1 is 1.21 bits per heavy atom. The van der Waals surface area contributed by atoms with Crippen LogP contribution >= 0.6 is 0 Å². The van der Waals surface area contributed by atoms with Crippen molar-refractivity contribution in [1.82, 2.24) is 10.3 Å². The van der Waals surface area contributed by atoms with E-state index in [1.807, 2.05) is 0 Å². The van der Waals surface area contributed by atoms with Gasteiger partial charge in [-0.3, -0.25) is 9.59 Å². The van der Waals surface area contributed by atoms with Gasteiger partial charge in [0, 0.05) is 30.2 Å². The van der Waals surface area contributed by atoms with Crippen molar-refractivity contribution < 1.29 is 9.59 Å². The first-order valence-electron chi connectivity index (χ1n) is 5.67. The highest BCUT2D eigenvalue weighted by Gasteiger charge is 2.09. The van der Waals surface area contributed by atoms with E-state index in [1.54, 1.807) is 31.3 Å². The molecule has 5 N–H and O–H groups in total. The second-order valence-electron chi connectivity index (χ2n) is 3.96. The number of nitrogens with one attached hydrogen (secondary N) is 3. The molecule has 19 heavy (non-hydrogen) atoms. The Morgan fingerprint density at radius 2 is 2.00 bits per heavy atom. The van der Waals surface area contributed by atoms with Gasteiger partial charge in [0.25, 0.3) is 11.8 Å². The zero-order chi connectivity index (χ0) is 13.8. The van der Waals surface area contributed by atoms with Gasteiger partial charge >= 0.3 is 0 Å². The average molecular weight is 258 g/mol. The zero-order valence-corrected chi connectivity index (χ0v) is 10.4. The van der Waals surface area contributed by atoms with Crippen molar-refractivity contribution >= 4 is 23.2 Å². The van der Waals surface area contributed by atoms with E-state index < -0.39 is 0 Å². The van der Waals surface area contributed by atoms with Crippen molar-refractivity contribution in [3.63, 3.8) is 0 Å². The van der Waals surface area contributed by atoms with Gasteiger partial charge < -0.3 is 21.4 Å². The molecule has 2 amide bonds. The molecule has 0 aliphatic carbocycles. The van der Waals surface area contributed by atoms with Crippen LogP contribution in [0.15, 0.2) is 36.5 Å². The minimum absolute atomic E-state index is 0.208. The Labute approximate surface area is 110 Å². The van der Waals surface area contributed by atoms with Crippen molar-refractivity contribution in [3.8, 4) is 0 Å². The third-order valence-corrected chi connectivity index (χ3v) is 2.56. The molecule has 0 fully saturated rings. The summed E-state index contributed by atoms with van der Waals surface area (Å²) < 4.78 is 0. The number of H-pyrrole nitrogens is 1. The summed E-state index contributed by atoms with van der Waals surface area (Å²) in [4.78, 5) is 26.1. The number of aromatic amines is 1. The summed E-state index contributed by atoms with van der Waals surface area (Å²) in [6.07, 6.45) is 1.54. The van der Waals surface area contributed by atoms with E-state index in [1.165, 1.54) is 12.3 Å². The first-order valence-corrected chi connectivity index (χ1v) is 5.67. The van der Waals surface area contributed by atoms with E-state index in [9.17, 15) is 9.59 Å². The van der Waals surface area contributed by atoms with Crippen LogP contribution in [-0.4, -0.2) is 23.8 Å². The molecule has 98 valence electrons. The van der Waals surface area contributed by atoms with Crippen molar-refractivity contribution in [2.45, 2.75) is 0 Å². The van der Waals surface area contributed by atoms with Crippen LogP contribution in [0, 0.1) is 0 Å². The summed E-state index contributed by atoms with van der Waals surface area (Å²) >= 11 is 0. The van der Waals surface area contributed by atoms with Gasteiger partial charge in [-0.05, 0) is 24.3 Å². The lowest BCUT2D eigenvalue weighted by Crippen LogP contribution is -2.18. The van der Waals surface area contributed by atoms with Gasteiger partial charge in [0.05, 0.1) is 0 Å². The van der Waals surface area contributed by atoms with Gasteiger partial charge in [-0.2, -0.15) is 0 Å². The largest absolute Gasteiger partial charge is 0.397 e. The third-order valence-electron chi connectivity index (χ3n) is 2.56. The van der Waals surface area contributed by atoms with Crippen LogP contribution < -0.4 is 16.4 Å². The number of nitrogens with two attached hydrogens (primary N) is 1. The minimum Gasteiger partial charge on any atom is -0.397 e. The van der Waals surface area contributed by atoms with E-state index >= 15 is 0 Å². The zero-order valence-electron chi connectivity index (χ0n) is 10.4. The molecule has 2 aromatic rings. The standard InChI is InChI=1S/C13H14N4O2/c1-15-12(18)8-3-2-4-10(5-8)17-13(19)11-6-9(14)7-16-11/h2-7,16H,14H2,1H3,(H,15,18)(H,17,19). The summed E-state index contributed by atoms with van der Waals surface area (Å²) in [6.45, 7) is 0. The van der Waals surface area contributed by atoms with Gasteiger partial charge in [-0.1, -0.05) is 6.07 Å². The predicted molar refractivity (Wildman–Crippen MR) is 73.0 cm³/mol. The number of nitrogen functional groups attached to an aromatic ring is 1. The number of aromatic nitrogens is 1. The van der Waals surface area contributed by atoms with Crippen LogP contribution in [-0.2, 0) is 0 Å². The average Bonchev–Trinajstić information content (AvgIpc) is 2.85. The summed E-state index contributed by atoms with van der Waals surface area (Å²) in [5.74, 6) is -0.522. The van der Waals surface area contributed by atoms with Gasteiger partial charge in [0.15, 0.2) is 0 Å². The molecule has 0 saturated heterocycles. The van der Waals surface area contributed by atoms with E-state index in [-0.39, 0.29) is 11.8 Å². The Balaban J connectivity index is 2.15. The smallest absolute Gasteiger partial charge is 0.272 e. The van der Waals surface area contributed by atoms with Gasteiger partial charge in [0.2, 0.25) is 0 Å². The molecular weight excluding hydrogens is 244 g/mol. The Kier molecular flexibility index (Phi) is 3.51. The second kappa shape index (κ2) is 5.26. The fourth-order valence-corrected chi connectivity index (χ4v) is 1.62. The number of rotatable bonds is 3. The number of carbonyl (C=O) groups excluding carboxylic acids is 2. The second-order valence-corrected chi connectivity index (χ2v) is 3.96. The SMILES string of the molecule is CNC(=O)c1cccc(NC(=O)c2cc(N)c[nH]2)c1. The topological polar surface area (TPSA) is 100 Å². The molecule has 1 heterocycles. The van der Waals surface area contributed by atoms with E-state index in [0.717, 1.165) is 0 Å². The van der Waals surface area contributed by atoms with Crippen molar-refractivity contribution in [1.29, 1.82) is 0 Å². The molecule has 0 atom stereocenters. The summed E-state index contributed by atoms with van der Waals surface area (Å²) in [7, 11) is 1.55. The molecule has 0 bridgehead atoms. The monoisotopic (exact) mass is 258 g/mol. The fourth-order valence-electron chi connectivity index (χ4n) is 1.62. The maximum Gasteiger partial charge on any atom is 0.272 e. The minimum atomic E-state index is -0.314. The van der Waals surface area contributed by atoms with Gasteiger partial charge in [0.1, 0.15) is 5.69 Å². The maximum atomic E-state index is 11.9. The molecule has 6 nitrogen and oxygen atoms in total. The molecule has 1 aromatic heterocycles. The van der Waals surface area contributed by atoms with Gasteiger partial charge in [-0.25, -0.2) is 0 Å². The lowest BCUT2D eigenvalue weighted by Gasteiger charge is -2.06. The van der Waals surface area contributed by atoms with Gasteiger partial charge in [-0.15, -0.1) is 0 Å². The number of hydrogen-bond donors (Lipinski definition) is 4. The van der Waals surface area contributed by atoms with Crippen LogP contribution in [0.3, 0.4) is 0 Å². The molecule has 0 unspecified atom stereocenters. The molecule has 6 heteroatoms. The predicted octanol–water partition coefficient (Wildman–Crippen LogP) is 1.21. The van der Waals surface area contributed by atoms with Crippen molar-refractivity contribution in [2.75, 3.05) is 18.1 Å². The highest BCUT2D eigenvalue weighted by atomic mass is 16.2. The number of hydrogen-bond acceptors (Lipinski definition) is 3. The van der Waals surface area contributed by atoms with Crippen LogP contribution in [0.2, 0.25) is 0 Å². The first-order chi connectivity index (χ1) is 9.10. The van der Waals surface area contributed by atoms with Crippen molar-refractivity contribution in [2.24, 2.45) is 0 Å². The normalized spacial score (nSPS) is 9.95. The fraction of sp³-hybridized carbons (Fsp3) is 0.0769. The van der Waals surface area contributed by atoms with E-state index in [2.05, 4.69) is 15.6 Å². The number of carbonyl (C=O) groups is 2. The summed E-state index contributed by atoms with van der Waals surface area (Å²) in [6, 6.07) is 8.21.